The molecule has 0 aromatic heterocycles. The van der Waals surface area contributed by atoms with Crippen molar-refractivity contribution < 1.29 is 4.79 Å². The van der Waals surface area contributed by atoms with Crippen molar-refractivity contribution >= 4 is 17.7 Å². The molecule has 1 aliphatic heterocycles. The molecule has 1 aliphatic rings. The van der Waals surface area contributed by atoms with Gasteiger partial charge >= 0.3 is 0 Å². The highest BCUT2D eigenvalue weighted by Gasteiger charge is 2.26. The molecule has 0 spiro atoms. The van der Waals surface area contributed by atoms with E-state index in [-0.39, 0.29) is 11.9 Å². The van der Waals surface area contributed by atoms with Crippen LogP contribution in [-0.2, 0) is 4.79 Å². The summed E-state index contributed by atoms with van der Waals surface area (Å²) in [7, 11) is 0. The zero-order valence-corrected chi connectivity index (χ0v) is 9.36. The highest BCUT2D eigenvalue weighted by Crippen LogP contribution is 2.12. The van der Waals surface area contributed by atoms with E-state index in [1.165, 1.54) is 0 Å². The molecule has 2 unspecified atom stereocenters. The first-order valence-corrected chi connectivity index (χ1v) is 5.99. The zero-order chi connectivity index (χ0) is 9.84. The molecule has 1 amide bonds. The highest BCUT2D eigenvalue weighted by atomic mass is 32.2. The minimum Gasteiger partial charge on any atom is -0.329 e. The fourth-order valence-corrected chi connectivity index (χ4v) is 1.67. The van der Waals surface area contributed by atoms with Gasteiger partial charge in [-0.25, -0.2) is 0 Å². The molecular weight excluding hydrogens is 184 g/mol. The molecule has 1 N–H and O–H groups in total. The van der Waals surface area contributed by atoms with E-state index < -0.39 is 0 Å². The number of nitrogens with zero attached hydrogens (tertiary/aromatic N) is 1. The van der Waals surface area contributed by atoms with Gasteiger partial charge in [-0.1, -0.05) is 6.92 Å². The second-order valence-electron chi connectivity index (χ2n) is 3.52. The van der Waals surface area contributed by atoms with Crippen molar-refractivity contribution in [1.82, 2.24) is 10.2 Å². The van der Waals surface area contributed by atoms with Gasteiger partial charge < -0.3 is 4.90 Å². The summed E-state index contributed by atoms with van der Waals surface area (Å²) in [6.07, 6.45) is 3.19. The third-order valence-corrected chi connectivity index (χ3v) is 3.52. The van der Waals surface area contributed by atoms with E-state index in [4.69, 9.17) is 0 Å². The molecule has 4 heteroatoms. The second-order valence-corrected chi connectivity index (χ2v) is 4.80. The second kappa shape index (κ2) is 4.86. The summed E-state index contributed by atoms with van der Waals surface area (Å²) in [4.78, 5) is 13.4. The Balaban J connectivity index is 2.26. The van der Waals surface area contributed by atoms with E-state index >= 15 is 0 Å². The molecule has 0 aromatic rings. The maximum atomic E-state index is 11.5. The topological polar surface area (TPSA) is 32.3 Å². The number of amides is 1. The summed E-state index contributed by atoms with van der Waals surface area (Å²) >= 11 is 1.85. The van der Waals surface area contributed by atoms with E-state index in [1.807, 2.05) is 23.6 Å². The lowest BCUT2D eigenvalue weighted by molar-refractivity contribution is -0.128. The monoisotopic (exact) mass is 202 g/mol. The predicted octanol–water partition coefficient (Wildman–Crippen LogP) is 0.906. The van der Waals surface area contributed by atoms with Gasteiger partial charge in [0.1, 0.15) is 0 Å². The smallest absolute Gasteiger partial charge is 0.240 e. The van der Waals surface area contributed by atoms with Crippen LogP contribution in [0.4, 0.5) is 0 Å². The Morgan fingerprint density at radius 2 is 2.46 bits per heavy atom. The first-order valence-electron chi connectivity index (χ1n) is 4.70. The van der Waals surface area contributed by atoms with Crippen molar-refractivity contribution in [1.29, 1.82) is 0 Å². The number of hydrogen-bond donors (Lipinski definition) is 1. The van der Waals surface area contributed by atoms with Crippen molar-refractivity contribution in [3.05, 3.63) is 0 Å². The van der Waals surface area contributed by atoms with Crippen LogP contribution < -0.4 is 5.32 Å². The van der Waals surface area contributed by atoms with Gasteiger partial charge in [0.05, 0.1) is 12.7 Å². The first kappa shape index (κ1) is 10.9. The SMILES string of the molecule is CSC(C)CCN1CNC(C)C1=O. The maximum Gasteiger partial charge on any atom is 0.240 e. The van der Waals surface area contributed by atoms with Crippen molar-refractivity contribution in [3.63, 3.8) is 0 Å². The van der Waals surface area contributed by atoms with Gasteiger partial charge in [0.15, 0.2) is 0 Å². The summed E-state index contributed by atoms with van der Waals surface area (Å²) < 4.78 is 0. The third-order valence-electron chi connectivity index (χ3n) is 2.48. The van der Waals surface area contributed by atoms with Gasteiger partial charge in [-0.05, 0) is 19.6 Å². The molecule has 0 aromatic carbocycles. The third kappa shape index (κ3) is 2.88. The van der Waals surface area contributed by atoms with Crippen LogP contribution in [0.1, 0.15) is 20.3 Å². The van der Waals surface area contributed by atoms with Crippen LogP contribution in [0.3, 0.4) is 0 Å². The van der Waals surface area contributed by atoms with Gasteiger partial charge in [0.2, 0.25) is 5.91 Å². The normalized spacial score (nSPS) is 25.3. The lowest BCUT2D eigenvalue weighted by Crippen LogP contribution is -2.30. The average Bonchev–Trinajstić information content (AvgIpc) is 2.44. The summed E-state index contributed by atoms with van der Waals surface area (Å²) in [6.45, 7) is 5.72. The predicted molar refractivity (Wildman–Crippen MR) is 56.8 cm³/mol. The van der Waals surface area contributed by atoms with Gasteiger partial charge in [0.25, 0.3) is 0 Å². The van der Waals surface area contributed by atoms with Crippen LogP contribution in [0, 0.1) is 0 Å². The minimum atomic E-state index is 0.0181. The summed E-state index contributed by atoms with van der Waals surface area (Å²) in [5, 5.41) is 3.77. The Morgan fingerprint density at radius 1 is 1.77 bits per heavy atom. The summed E-state index contributed by atoms with van der Waals surface area (Å²) in [6, 6.07) is 0.0181. The number of nitrogens with one attached hydrogen (secondary N) is 1. The van der Waals surface area contributed by atoms with Crippen LogP contribution in [0.25, 0.3) is 0 Å². The molecule has 3 nitrogen and oxygen atoms in total. The van der Waals surface area contributed by atoms with Gasteiger partial charge in [-0.3, -0.25) is 10.1 Å². The molecule has 76 valence electrons. The Hall–Kier alpha value is -0.220. The highest BCUT2D eigenvalue weighted by molar-refractivity contribution is 7.99. The standard InChI is InChI=1S/C9H18N2OS/c1-7(13-3)4-5-11-6-10-8(2)9(11)12/h7-8,10H,4-6H2,1-3H3. The quantitative estimate of drug-likeness (QED) is 0.735. The molecule has 1 fully saturated rings. The number of carbonyl (C=O) groups is 1. The number of carbonyl (C=O) groups excluding carboxylic acids is 1. The lowest BCUT2D eigenvalue weighted by Gasteiger charge is -2.16. The van der Waals surface area contributed by atoms with E-state index in [0.29, 0.717) is 5.25 Å². The number of hydrogen-bond acceptors (Lipinski definition) is 3. The number of rotatable bonds is 4. The molecule has 13 heavy (non-hydrogen) atoms. The Bertz CT molecular complexity index is 186. The maximum absolute atomic E-state index is 11.5. The first-order chi connectivity index (χ1) is 6.15. The van der Waals surface area contributed by atoms with Gasteiger partial charge in [0, 0.05) is 11.8 Å². The molecule has 2 atom stereocenters. The van der Waals surface area contributed by atoms with Crippen LogP contribution in [-0.4, -0.2) is 41.6 Å². The van der Waals surface area contributed by atoms with Crippen molar-refractivity contribution in [2.45, 2.75) is 31.6 Å². The van der Waals surface area contributed by atoms with Crippen molar-refractivity contribution in [2.24, 2.45) is 0 Å². The fourth-order valence-electron chi connectivity index (χ4n) is 1.33. The molecule has 0 radical (unpaired) electrons. The number of thioether (sulfide) groups is 1. The Morgan fingerprint density at radius 3 is 2.92 bits per heavy atom. The summed E-state index contributed by atoms with van der Waals surface area (Å²) in [5.41, 5.74) is 0. The Kier molecular flexibility index (Phi) is 4.06. The van der Waals surface area contributed by atoms with E-state index in [1.54, 1.807) is 0 Å². The molecule has 0 saturated carbocycles. The molecule has 1 heterocycles. The van der Waals surface area contributed by atoms with Crippen LogP contribution in [0.5, 0.6) is 0 Å². The van der Waals surface area contributed by atoms with Crippen LogP contribution in [0.2, 0.25) is 0 Å². The Labute approximate surface area is 84.2 Å². The molecular formula is C9H18N2OS. The fraction of sp³-hybridized carbons (Fsp3) is 0.889. The molecule has 1 saturated heterocycles. The van der Waals surface area contributed by atoms with Gasteiger partial charge in [-0.2, -0.15) is 11.8 Å². The van der Waals surface area contributed by atoms with Crippen molar-refractivity contribution in [3.8, 4) is 0 Å². The van der Waals surface area contributed by atoms with Gasteiger partial charge in [-0.15, -0.1) is 0 Å². The van der Waals surface area contributed by atoms with Crippen molar-refractivity contribution in [2.75, 3.05) is 19.5 Å². The molecule has 1 rings (SSSR count). The summed E-state index contributed by atoms with van der Waals surface area (Å²) in [5.74, 6) is 0.244. The lowest BCUT2D eigenvalue weighted by atomic mass is 10.3. The minimum absolute atomic E-state index is 0.0181. The average molecular weight is 202 g/mol. The largest absolute Gasteiger partial charge is 0.329 e. The van der Waals surface area contributed by atoms with E-state index in [0.717, 1.165) is 19.6 Å². The van der Waals surface area contributed by atoms with Crippen LogP contribution >= 0.6 is 11.8 Å². The zero-order valence-electron chi connectivity index (χ0n) is 8.54. The molecule has 0 aliphatic carbocycles. The molecule has 0 bridgehead atoms. The van der Waals surface area contributed by atoms with Crippen LogP contribution in [0.15, 0.2) is 0 Å². The van der Waals surface area contributed by atoms with E-state index in [9.17, 15) is 4.79 Å². The van der Waals surface area contributed by atoms with E-state index in [2.05, 4.69) is 18.5 Å².